The van der Waals surface area contributed by atoms with Gasteiger partial charge in [0.2, 0.25) is 17.7 Å². The van der Waals surface area contributed by atoms with Gasteiger partial charge in [0.1, 0.15) is 17.8 Å². The summed E-state index contributed by atoms with van der Waals surface area (Å²) >= 11 is 0. The van der Waals surface area contributed by atoms with Crippen molar-refractivity contribution in [3.05, 3.63) is 29.8 Å². The lowest BCUT2D eigenvalue weighted by atomic mass is 10.0. The van der Waals surface area contributed by atoms with E-state index < -0.39 is 18.1 Å². The van der Waals surface area contributed by atoms with E-state index in [2.05, 4.69) is 10.6 Å². The number of nitrogens with two attached hydrogens (primary N) is 1. The monoisotopic (exact) mass is 404 g/mol. The lowest BCUT2D eigenvalue weighted by molar-refractivity contribution is -0.142. The minimum atomic E-state index is -0.708. The summed E-state index contributed by atoms with van der Waals surface area (Å²) in [7, 11) is 1.59. The zero-order chi connectivity index (χ0) is 21.6. The molecule has 4 N–H and O–H groups in total. The van der Waals surface area contributed by atoms with E-state index in [-0.39, 0.29) is 23.6 Å². The lowest BCUT2D eigenvalue weighted by Crippen LogP contribution is -2.56. The molecular weight excluding hydrogens is 372 g/mol. The van der Waals surface area contributed by atoms with Crippen LogP contribution in [-0.2, 0) is 20.9 Å². The number of carbonyl (C=O) groups excluding carboxylic acids is 3. The Balaban J connectivity index is 2.03. The van der Waals surface area contributed by atoms with Crippen LogP contribution in [0.5, 0.6) is 5.75 Å². The summed E-state index contributed by atoms with van der Waals surface area (Å²) in [5.41, 5.74) is 6.53. The summed E-state index contributed by atoms with van der Waals surface area (Å²) in [5.74, 6) is -0.214. The molecule has 3 amide bonds. The van der Waals surface area contributed by atoms with Gasteiger partial charge in [-0.15, -0.1) is 0 Å². The van der Waals surface area contributed by atoms with Crippen LogP contribution in [0, 0.1) is 5.92 Å². The van der Waals surface area contributed by atoms with Crippen molar-refractivity contribution < 1.29 is 19.1 Å². The number of methoxy groups -OCH3 is 1. The summed E-state index contributed by atoms with van der Waals surface area (Å²) in [6, 6.07) is 5.51. The van der Waals surface area contributed by atoms with E-state index >= 15 is 0 Å². The first-order valence-electron chi connectivity index (χ1n) is 10.0. The third-order valence-corrected chi connectivity index (χ3v) is 5.08. The lowest BCUT2D eigenvalue weighted by Gasteiger charge is -2.30. The highest BCUT2D eigenvalue weighted by molar-refractivity contribution is 5.93. The van der Waals surface area contributed by atoms with Gasteiger partial charge >= 0.3 is 0 Å². The molecule has 8 nitrogen and oxygen atoms in total. The molecule has 1 heterocycles. The van der Waals surface area contributed by atoms with Crippen LogP contribution >= 0.6 is 0 Å². The largest absolute Gasteiger partial charge is 0.497 e. The normalized spacial score (nSPS) is 18.3. The quantitative estimate of drug-likeness (QED) is 0.593. The van der Waals surface area contributed by atoms with Crippen molar-refractivity contribution in [2.75, 3.05) is 13.7 Å². The molecule has 0 bridgehead atoms. The summed E-state index contributed by atoms with van der Waals surface area (Å²) in [6.07, 6.45) is 1.34. The van der Waals surface area contributed by atoms with Gasteiger partial charge in [0.15, 0.2) is 0 Å². The fraction of sp³-hybridized carbons (Fsp3) is 0.571. The summed E-state index contributed by atoms with van der Waals surface area (Å²) < 4.78 is 5.20. The van der Waals surface area contributed by atoms with Crippen molar-refractivity contribution in [3.63, 3.8) is 0 Å². The van der Waals surface area contributed by atoms with Crippen molar-refractivity contribution in [1.29, 1.82) is 0 Å². The molecule has 1 saturated heterocycles. The van der Waals surface area contributed by atoms with Crippen LogP contribution in [0.3, 0.4) is 0 Å². The van der Waals surface area contributed by atoms with Crippen molar-refractivity contribution in [2.45, 2.75) is 58.3 Å². The second-order valence-electron chi connectivity index (χ2n) is 7.78. The zero-order valence-corrected chi connectivity index (χ0v) is 17.6. The molecular formula is C21H32N4O4. The first-order valence-corrected chi connectivity index (χ1v) is 10.0. The molecule has 0 saturated carbocycles. The van der Waals surface area contributed by atoms with E-state index in [1.807, 2.05) is 38.1 Å². The van der Waals surface area contributed by atoms with Gasteiger partial charge < -0.3 is 26.0 Å². The van der Waals surface area contributed by atoms with Gasteiger partial charge in [0.25, 0.3) is 0 Å². The molecule has 3 atom stereocenters. The number of rotatable bonds is 8. The molecule has 1 aliphatic rings. The Kier molecular flexibility index (Phi) is 8.01. The van der Waals surface area contributed by atoms with Gasteiger partial charge in [-0.25, -0.2) is 0 Å². The Morgan fingerprint density at radius 1 is 1.28 bits per heavy atom. The zero-order valence-electron chi connectivity index (χ0n) is 17.6. The molecule has 1 aromatic rings. The van der Waals surface area contributed by atoms with Crippen LogP contribution in [0.25, 0.3) is 0 Å². The summed E-state index contributed by atoms with van der Waals surface area (Å²) in [5, 5.41) is 5.63. The average Bonchev–Trinajstić information content (AvgIpc) is 3.19. The molecule has 0 unspecified atom stereocenters. The Morgan fingerprint density at radius 3 is 2.62 bits per heavy atom. The SMILES string of the molecule is COc1cccc(CNC(=O)[C@@H]2CCCN2C(=O)[C@@H](NC(=O)[C@H](C)N)C(C)C)c1. The van der Waals surface area contributed by atoms with Gasteiger partial charge in [0.05, 0.1) is 13.2 Å². The van der Waals surface area contributed by atoms with Gasteiger partial charge in [-0.2, -0.15) is 0 Å². The van der Waals surface area contributed by atoms with Gasteiger partial charge in [0, 0.05) is 13.1 Å². The molecule has 8 heteroatoms. The Morgan fingerprint density at radius 2 is 2.00 bits per heavy atom. The van der Waals surface area contributed by atoms with E-state index in [0.717, 1.165) is 17.7 Å². The van der Waals surface area contributed by atoms with Crippen LogP contribution in [0.4, 0.5) is 0 Å². The number of hydrogen-bond donors (Lipinski definition) is 3. The summed E-state index contributed by atoms with van der Waals surface area (Å²) in [4.78, 5) is 39.4. The van der Waals surface area contributed by atoms with Gasteiger partial charge in [-0.05, 0) is 43.4 Å². The van der Waals surface area contributed by atoms with E-state index in [1.54, 1.807) is 18.9 Å². The number of ether oxygens (including phenoxy) is 1. The molecule has 1 fully saturated rings. The van der Waals surface area contributed by atoms with Crippen LogP contribution in [-0.4, -0.2) is 54.4 Å². The van der Waals surface area contributed by atoms with Crippen LogP contribution < -0.4 is 21.1 Å². The van der Waals surface area contributed by atoms with E-state index in [9.17, 15) is 14.4 Å². The molecule has 29 heavy (non-hydrogen) atoms. The van der Waals surface area contributed by atoms with Crippen molar-refractivity contribution in [2.24, 2.45) is 11.7 Å². The average molecular weight is 405 g/mol. The Hall–Kier alpha value is -2.61. The highest BCUT2D eigenvalue weighted by Gasteiger charge is 2.38. The van der Waals surface area contributed by atoms with Crippen molar-refractivity contribution in [3.8, 4) is 5.75 Å². The predicted octanol–water partition coefficient (Wildman–Crippen LogP) is 0.790. The molecule has 0 spiro atoms. The number of nitrogens with one attached hydrogen (secondary N) is 2. The molecule has 0 aliphatic carbocycles. The predicted molar refractivity (Wildman–Crippen MR) is 110 cm³/mol. The molecule has 0 aromatic heterocycles. The maximum absolute atomic E-state index is 13.1. The fourth-order valence-electron chi connectivity index (χ4n) is 3.37. The Labute approximate surface area is 172 Å². The summed E-state index contributed by atoms with van der Waals surface area (Å²) in [6.45, 7) is 6.13. The molecule has 1 aromatic carbocycles. The topological polar surface area (TPSA) is 114 Å². The highest BCUT2D eigenvalue weighted by Crippen LogP contribution is 2.21. The fourth-order valence-corrected chi connectivity index (χ4v) is 3.37. The maximum atomic E-state index is 13.1. The molecule has 2 rings (SSSR count). The minimum Gasteiger partial charge on any atom is -0.497 e. The number of nitrogens with zero attached hydrogens (tertiary/aromatic N) is 1. The van der Waals surface area contributed by atoms with Crippen molar-refractivity contribution in [1.82, 2.24) is 15.5 Å². The van der Waals surface area contributed by atoms with Gasteiger partial charge in [-0.1, -0.05) is 26.0 Å². The number of amides is 3. The Bertz CT molecular complexity index is 735. The molecule has 1 aliphatic heterocycles. The first-order chi connectivity index (χ1) is 13.7. The minimum absolute atomic E-state index is 0.119. The van der Waals surface area contributed by atoms with Crippen LogP contribution in [0.2, 0.25) is 0 Å². The van der Waals surface area contributed by atoms with Crippen LogP contribution in [0.15, 0.2) is 24.3 Å². The molecule has 160 valence electrons. The third kappa shape index (κ3) is 5.93. The van der Waals surface area contributed by atoms with E-state index in [4.69, 9.17) is 10.5 Å². The first kappa shape index (κ1) is 22.7. The van der Waals surface area contributed by atoms with Crippen molar-refractivity contribution >= 4 is 17.7 Å². The maximum Gasteiger partial charge on any atom is 0.246 e. The second kappa shape index (κ2) is 10.2. The number of benzene rings is 1. The van der Waals surface area contributed by atoms with Crippen LogP contribution in [0.1, 0.15) is 39.2 Å². The van der Waals surface area contributed by atoms with Gasteiger partial charge in [-0.3, -0.25) is 14.4 Å². The smallest absolute Gasteiger partial charge is 0.246 e. The van der Waals surface area contributed by atoms with E-state index in [0.29, 0.717) is 19.5 Å². The standard InChI is InChI=1S/C21H32N4O4/c1-13(2)18(24-19(26)14(3)22)21(28)25-10-6-9-17(25)20(27)23-12-15-7-5-8-16(11-15)29-4/h5,7-8,11,13-14,17-18H,6,9-10,12,22H2,1-4H3,(H,23,27)(H,24,26)/t14-,17-,18-/m0/s1. The highest BCUT2D eigenvalue weighted by atomic mass is 16.5. The van der Waals surface area contributed by atoms with E-state index in [1.165, 1.54) is 0 Å². The second-order valence-corrected chi connectivity index (χ2v) is 7.78. The number of carbonyl (C=O) groups is 3. The third-order valence-electron chi connectivity index (χ3n) is 5.08. The number of likely N-dealkylation sites (tertiary alicyclic amines) is 1. The number of hydrogen-bond acceptors (Lipinski definition) is 5. The molecule has 0 radical (unpaired) electrons.